The standard InChI is InChI=1S/C45H55N9O7/c1-8-61-42-31-21-29(34-24-47-40(50-34)35-11-9-19-53(35)43(56)30(25(2)3)22-37(55)59-6)17-18-32(31)48-39(52-42)28-15-13-27(14-16-28)33-23-46-41(49-33)36-12-10-20-54(36)44(57)38(26(4)5)51-45(58)60-7/h13-18,21,23-26,30,35-36,38H,8-12,19-20,22H2,1-7H3,(H,46,49)(H,47,50)(H,51,58)/t30-,35-,36-,38-/m0/s1. The van der Waals surface area contributed by atoms with Gasteiger partial charge < -0.3 is 39.3 Å². The Morgan fingerprint density at radius 1 is 0.770 bits per heavy atom. The Hall–Kier alpha value is -6.32. The molecule has 3 aromatic heterocycles. The maximum absolute atomic E-state index is 13.7. The number of benzene rings is 2. The minimum absolute atomic E-state index is 0.0201. The number of aromatic amines is 2. The fourth-order valence-electron chi connectivity index (χ4n) is 8.34. The zero-order valence-electron chi connectivity index (χ0n) is 35.9. The van der Waals surface area contributed by atoms with Gasteiger partial charge in [0.1, 0.15) is 17.7 Å². The van der Waals surface area contributed by atoms with Crippen molar-refractivity contribution in [1.82, 2.24) is 45.0 Å². The molecule has 2 aliphatic rings. The number of carbonyl (C=O) groups is 4. The molecule has 0 unspecified atom stereocenters. The van der Waals surface area contributed by atoms with Gasteiger partial charge in [0, 0.05) is 24.2 Å². The molecule has 2 fully saturated rings. The Morgan fingerprint density at radius 2 is 1.36 bits per heavy atom. The highest BCUT2D eigenvalue weighted by atomic mass is 16.5. The summed E-state index contributed by atoms with van der Waals surface area (Å²) >= 11 is 0. The van der Waals surface area contributed by atoms with Crippen molar-refractivity contribution in [3.63, 3.8) is 0 Å². The van der Waals surface area contributed by atoms with Crippen LogP contribution in [0.5, 0.6) is 5.88 Å². The van der Waals surface area contributed by atoms with Crippen molar-refractivity contribution in [2.45, 2.75) is 84.8 Å². The Morgan fingerprint density at radius 3 is 1.93 bits per heavy atom. The van der Waals surface area contributed by atoms with Crippen molar-refractivity contribution in [2.75, 3.05) is 33.9 Å². The number of hydrogen-bond acceptors (Lipinski definition) is 11. The van der Waals surface area contributed by atoms with Crippen LogP contribution in [0.4, 0.5) is 4.79 Å². The second kappa shape index (κ2) is 18.5. The van der Waals surface area contributed by atoms with Crippen molar-refractivity contribution in [1.29, 1.82) is 0 Å². The number of rotatable bonds is 14. The van der Waals surface area contributed by atoms with E-state index in [4.69, 9.17) is 29.2 Å². The van der Waals surface area contributed by atoms with Gasteiger partial charge in [-0.15, -0.1) is 0 Å². The first kappa shape index (κ1) is 42.8. The molecule has 2 aromatic carbocycles. The molecule has 3 amide bonds. The average molecular weight is 834 g/mol. The lowest BCUT2D eigenvalue weighted by Crippen LogP contribution is -2.51. The van der Waals surface area contributed by atoms with Crippen LogP contribution in [0.25, 0.3) is 44.8 Å². The summed E-state index contributed by atoms with van der Waals surface area (Å²) in [5.41, 5.74) is 4.90. The van der Waals surface area contributed by atoms with E-state index >= 15 is 0 Å². The largest absolute Gasteiger partial charge is 0.477 e. The number of ether oxygens (including phenoxy) is 3. The maximum atomic E-state index is 13.7. The number of methoxy groups -OCH3 is 2. The van der Waals surface area contributed by atoms with E-state index in [0.717, 1.165) is 59.1 Å². The molecule has 322 valence electrons. The van der Waals surface area contributed by atoms with E-state index in [9.17, 15) is 19.2 Å². The molecule has 2 aliphatic heterocycles. The van der Waals surface area contributed by atoms with Crippen molar-refractivity contribution in [3.8, 4) is 39.8 Å². The molecule has 16 heteroatoms. The lowest BCUT2D eigenvalue weighted by atomic mass is 9.91. The van der Waals surface area contributed by atoms with E-state index in [2.05, 4.69) is 20.3 Å². The molecule has 0 saturated carbocycles. The highest BCUT2D eigenvalue weighted by Gasteiger charge is 2.39. The second-order valence-corrected chi connectivity index (χ2v) is 16.3. The van der Waals surface area contributed by atoms with Crippen LogP contribution in [0.3, 0.4) is 0 Å². The van der Waals surface area contributed by atoms with Crippen LogP contribution in [0.1, 0.15) is 90.5 Å². The first-order valence-electron chi connectivity index (χ1n) is 21.1. The smallest absolute Gasteiger partial charge is 0.407 e. The molecule has 4 atom stereocenters. The molecular weight excluding hydrogens is 779 g/mol. The number of alkyl carbamates (subject to hydrolysis) is 1. The van der Waals surface area contributed by atoms with Crippen LogP contribution in [0.15, 0.2) is 54.9 Å². The predicted molar refractivity (Wildman–Crippen MR) is 228 cm³/mol. The van der Waals surface area contributed by atoms with Crippen molar-refractivity contribution >= 4 is 34.8 Å². The molecule has 0 spiro atoms. The summed E-state index contributed by atoms with van der Waals surface area (Å²) in [7, 11) is 2.63. The van der Waals surface area contributed by atoms with Crippen molar-refractivity contribution < 1.29 is 33.4 Å². The fourth-order valence-corrected chi connectivity index (χ4v) is 8.34. The van der Waals surface area contributed by atoms with E-state index in [0.29, 0.717) is 48.6 Å². The number of hydrogen-bond donors (Lipinski definition) is 3. The van der Waals surface area contributed by atoms with E-state index in [1.807, 2.05) is 82.0 Å². The van der Waals surface area contributed by atoms with E-state index in [1.165, 1.54) is 14.2 Å². The fraction of sp³-hybridized carbons (Fsp3) is 0.467. The molecule has 5 heterocycles. The molecule has 0 aliphatic carbocycles. The summed E-state index contributed by atoms with van der Waals surface area (Å²) in [4.78, 5) is 81.2. The number of fused-ring (bicyclic) bond motifs is 1. The van der Waals surface area contributed by atoms with Crippen LogP contribution < -0.4 is 10.1 Å². The second-order valence-electron chi connectivity index (χ2n) is 16.3. The van der Waals surface area contributed by atoms with Crippen LogP contribution in [-0.2, 0) is 23.9 Å². The average Bonchev–Trinajstić information content (AvgIpc) is 4.11. The molecule has 2 saturated heterocycles. The zero-order chi connectivity index (χ0) is 43.4. The van der Waals surface area contributed by atoms with Gasteiger partial charge in [0.2, 0.25) is 17.7 Å². The Bertz CT molecular complexity index is 2370. The summed E-state index contributed by atoms with van der Waals surface area (Å²) in [6.45, 7) is 11.2. The number of carbonyl (C=O) groups excluding carboxylic acids is 4. The minimum Gasteiger partial charge on any atom is -0.477 e. The molecule has 0 bridgehead atoms. The normalized spacial score (nSPS) is 17.5. The number of nitrogens with zero attached hydrogens (tertiary/aromatic N) is 6. The topological polar surface area (TPSA) is 198 Å². The Kier molecular flexibility index (Phi) is 13.0. The lowest BCUT2D eigenvalue weighted by Gasteiger charge is -2.30. The third-order valence-corrected chi connectivity index (χ3v) is 11.7. The highest BCUT2D eigenvalue weighted by molar-refractivity contribution is 5.90. The summed E-state index contributed by atoms with van der Waals surface area (Å²) < 4.78 is 15.7. The predicted octanol–water partition coefficient (Wildman–Crippen LogP) is 7.02. The quantitative estimate of drug-likeness (QED) is 0.0973. The molecule has 5 aromatic rings. The van der Waals surface area contributed by atoms with E-state index in [-0.39, 0.29) is 42.2 Å². The molecule has 0 radical (unpaired) electrons. The SMILES string of the molecule is CCOc1nc(-c2ccc(-c3cnc([C@@H]4CCCN4C(=O)[C@@H](NC(=O)OC)C(C)C)[nH]3)cc2)nc2ccc(-c3cnc([C@@H]4CCCN4C(=O)[C@@H](CC(=O)OC)C(C)C)[nH]3)cc12. The van der Waals surface area contributed by atoms with Crippen molar-refractivity contribution in [2.24, 2.45) is 17.8 Å². The van der Waals surface area contributed by atoms with Gasteiger partial charge in [0.05, 0.1) is 79.9 Å². The number of H-pyrrole nitrogens is 2. The van der Waals surface area contributed by atoms with Gasteiger partial charge in [0.25, 0.3) is 0 Å². The van der Waals surface area contributed by atoms with E-state index < -0.39 is 24.0 Å². The summed E-state index contributed by atoms with van der Waals surface area (Å²) in [5, 5.41) is 3.44. The van der Waals surface area contributed by atoms with Gasteiger partial charge in [0.15, 0.2) is 5.82 Å². The number of esters is 1. The van der Waals surface area contributed by atoms with Gasteiger partial charge in [-0.1, -0.05) is 58.0 Å². The Labute approximate surface area is 355 Å². The molecule has 7 rings (SSSR count). The van der Waals surface area contributed by atoms with Crippen LogP contribution >= 0.6 is 0 Å². The van der Waals surface area contributed by atoms with Crippen molar-refractivity contribution in [3.05, 3.63) is 66.5 Å². The first-order valence-corrected chi connectivity index (χ1v) is 21.1. The van der Waals surface area contributed by atoms with Crippen LogP contribution in [0, 0.1) is 17.8 Å². The van der Waals surface area contributed by atoms with Gasteiger partial charge in [-0.05, 0) is 62.1 Å². The van der Waals surface area contributed by atoms with Crippen LogP contribution in [0.2, 0.25) is 0 Å². The number of imidazole rings is 2. The summed E-state index contributed by atoms with van der Waals surface area (Å²) in [5.74, 6) is 1.16. The van der Waals surface area contributed by atoms with Gasteiger partial charge >= 0.3 is 12.1 Å². The molecule has 16 nitrogen and oxygen atoms in total. The number of nitrogens with one attached hydrogen (secondary N) is 3. The van der Waals surface area contributed by atoms with Gasteiger partial charge in [-0.2, -0.15) is 4.98 Å². The number of likely N-dealkylation sites (tertiary alicyclic amines) is 2. The summed E-state index contributed by atoms with van der Waals surface area (Å²) in [6, 6.07) is 12.6. The maximum Gasteiger partial charge on any atom is 0.407 e. The van der Waals surface area contributed by atoms with Gasteiger partial charge in [-0.25, -0.2) is 19.7 Å². The molecule has 61 heavy (non-hydrogen) atoms. The van der Waals surface area contributed by atoms with Crippen LogP contribution in [-0.4, -0.2) is 104 Å². The molecular formula is C45H55N9O7. The third-order valence-electron chi connectivity index (χ3n) is 11.7. The third kappa shape index (κ3) is 9.08. The number of amides is 3. The molecule has 3 N–H and O–H groups in total. The van der Waals surface area contributed by atoms with Gasteiger partial charge in [-0.3, -0.25) is 14.4 Å². The first-order chi connectivity index (χ1) is 29.4. The highest BCUT2D eigenvalue weighted by Crippen LogP contribution is 2.37. The zero-order valence-corrected chi connectivity index (χ0v) is 35.9. The summed E-state index contributed by atoms with van der Waals surface area (Å²) in [6.07, 6.45) is 6.17. The van der Waals surface area contributed by atoms with E-state index in [1.54, 1.807) is 17.3 Å². The number of aromatic nitrogens is 6. The lowest BCUT2D eigenvalue weighted by molar-refractivity contribution is -0.148. The minimum atomic E-state index is -0.708. The monoisotopic (exact) mass is 833 g/mol. The Balaban J connectivity index is 1.08.